The second kappa shape index (κ2) is 12.1. The molecule has 3 rings (SSSR count). The molecule has 0 saturated heterocycles. The van der Waals surface area contributed by atoms with Crippen LogP contribution in [0, 0.1) is 5.82 Å². The summed E-state index contributed by atoms with van der Waals surface area (Å²) in [6.45, 7) is 6.25. The third kappa shape index (κ3) is 6.80. The summed E-state index contributed by atoms with van der Waals surface area (Å²) in [6, 6.07) is 4.67. The summed E-state index contributed by atoms with van der Waals surface area (Å²) in [5.41, 5.74) is 15.5. The van der Waals surface area contributed by atoms with E-state index in [9.17, 15) is 9.18 Å². The molecule has 2 unspecified atom stereocenters. The van der Waals surface area contributed by atoms with Gasteiger partial charge in [0.05, 0.1) is 23.9 Å². The Morgan fingerprint density at radius 2 is 2.00 bits per heavy atom. The van der Waals surface area contributed by atoms with Crippen molar-refractivity contribution in [3.8, 4) is 0 Å². The number of nitrogens with two attached hydrogens (primary N) is 2. The molecule has 0 spiro atoms. The van der Waals surface area contributed by atoms with E-state index in [1.807, 2.05) is 33.9 Å². The van der Waals surface area contributed by atoms with Gasteiger partial charge in [0.2, 0.25) is 0 Å². The van der Waals surface area contributed by atoms with Gasteiger partial charge in [-0.1, -0.05) is 12.8 Å². The van der Waals surface area contributed by atoms with Crippen LogP contribution in [0.4, 0.5) is 10.1 Å². The van der Waals surface area contributed by atoms with Gasteiger partial charge < -0.3 is 26.7 Å². The highest BCUT2D eigenvalue weighted by Crippen LogP contribution is 2.35. The third-order valence-corrected chi connectivity index (χ3v) is 6.84. The maximum atomic E-state index is 14.1. The second-order valence-corrected chi connectivity index (χ2v) is 9.60. The fourth-order valence-corrected chi connectivity index (χ4v) is 4.63. The van der Waals surface area contributed by atoms with Crippen LogP contribution in [0.25, 0.3) is 6.08 Å². The highest BCUT2D eigenvalue weighted by Gasteiger charge is 2.28. The number of hydrogen-bond acceptors (Lipinski definition) is 6. The predicted octanol–water partition coefficient (Wildman–Crippen LogP) is 4.27. The molecule has 1 heterocycles. The van der Waals surface area contributed by atoms with Crippen LogP contribution in [0.2, 0.25) is 0 Å². The zero-order valence-electron chi connectivity index (χ0n) is 21.3. The summed E-state index contributed by atoms with van der Waals surface area (Å²) < 4.78 is 16.2. The molecule has 2 atom stereocenters. The second-order valence-electron chi connectivity index (χ2n) is 9.60. The maximum absolute atomic E-state index is 14.1. The molecule has 0 amide bonds. The Kier molecular flexibility index (Phi) is 9.23. The Bertz CT molecular complexity index is 1080. The van der Waals surface area contributed by atoms with Gasteiger partial charge in [-0.05, 0) is 75.2 Å². The van der Waals surface area contributed by atoms with Crippen LogP contribution >= 0.6 is 0 Å². The number of aromatic nitrogens is 2. The van der Waals surface area contributed by atoms with Crippen molar-refractivity contribution in [2.45, 2.75) is 70.9 Å². The highest BCUT2D eigenvalue weighted by atomic mass is 19.1. The number of ketones is 1. The van der Waals surface area contributed by atoms with Crippen LogP contribution in [0.3, 0.4) is 0 Å². The fourth-order valence-electron chi connectivity index (χ4n) is 4.63. The smallest absolute Gasteiger partial charge is 0.155 e. The SMILES string of the molecule is C/C(=C/Nc1cc(F)cc(CNCC(=O)C(C)c2c(/C=C\N)nc(C3CCCC3)n2C)c1)C(C)N. The quantitative estimate of drug-likeness (QED) is 0.381. The lowest BCUT2D eigenvalue weighted by atomic mass is 10.00. The van der Waals surface area contributed by atoms with Crippen molar-refractivity contribution in [2.75, 3.05) is 11.9 Å². The number of carbonyl (C=O) groups is 1. The Morgan fingerprint density at radius 1 is 1.29 bits per heavy atom. The first kappa shape index (κ1) is 26.6. The van der Waals surface area contributed by atoms with Gasteiger partial charge in [-0.25, -0.2) is 9.37 Å². The number of anilines is 1. The Morgan fingerprint density at radius 3 is 2.66 bits per heavy atom. The van der Waals surface area contributed by atoms with E-state index >= 15 is 0 Å². The largest absolute Gasteiger partial charge is 0.405 e. The number of imidazole rings is 1. The average Bonchev–Trinajstić information content (AvgIpc) is 3.45. The number of rotatable bonds is 11. The number of Topliss-reactive ketones (excluding diaryl/α,β-unsaturated/α-hetero) is 1. The van der Waals surface area contributed by atoms with E-state index in [2.05, 4.69) is 15.2 Å². The molecule has 1 aliphatic rings. The molecule has 1 fully saturated rings. The highest BCUT2D eigenvalue weighted by molar-refractivity contribution is 5.87. The van der Waals surface area contributed by atoms with Crippen LogP contribution in [0.5, 0.6) is 0 Å². The van der Waals surface area contributed by atoms with E-state index in [-0.39, 0.29) is 30.1 Å². The standard InChI is InChI=1S/C27H39FN6O/c1-17(19(3)30)14-32-23-12-20(11-22(28)13-23)15-31-16-25(35)18(2)26-24(9-10-29)33-27(34(26)4)21-7-5-6-8-21/h9-14,18-19,21,31-32H,5-8,15-16,29-30H2,1-4H3/b10-9-,17-14-. The van der Waals surface area contributed by atoms with E-state index in [4.69, 9.17) is 16.5 Å². The summed E-state index contributed by atoms with van der Waals surface area (Å²) >= 11 is 0. The summed E-state index contributed by atoms with van der Waals surface area (Å²) in [5, 5.41) is 6.26. The van der Waals surface area contributed by atoms with Gasteiger partial charge in [-0.15, -0.1) is 0 Å². The van der Waals surface area contributed by atoms with Crippen molar-refractivity contribution in [1.82, 2.24) is 14.9 Å². The van der Waals surface area contributed by atoms with Crippen LogP contribution in [-0.4, -0.2) is 27.9 Å². The maximum Gasteiger partial charge on any atom is 0.155 e. The van der Waals surface area contributed by atoms with E-state index in [1.54, 1.807) is 12.3 Å². The summed E-state index contributed by atoms with van der Waals surface area (Å²) in [7, 11) is 1.99. The molecule has 0 radical (unpaired) electrons. The first-order valence-electron chi connectivity index (χ1n) is 12.4. The Hall–Kier alpha value is -2.97. The molecule has 7 nitrogen and oxygen atoms in total. The first-order chi connectivity index (χ1) is 16.7. The zero-order chi connectivity index (χ0) is 25.5. The molecule has 1 aromatic heterocycles. The molecule has 6 N–H and O–H groups in total. The first-order valence-corrected chi connectivity index (χ1v) is 12.4. The number of halogens is 1. The van der Waals surface area contributed by atoms with Crippen molar-refractivity contribution < 1.29 is 9.18 Å². The summed E-state index contributed by atoms with van der Waals surface area (Å²) in [5.74, 6) is 0.819. The lowest BCUT2D eigenvalue weighted by Gasteiger charge is -2.16. The molecule has 2 aromatic rings. The minimum Gasteiger partial charge on any atom is -0.405 e. The number of carbonyl (C=O) groups excluding carboxylic acids is 1. The van der Waals surface area contributed by atoms with E-state index in [1.165, 1.54) is 31.2 Å². The monoisotopic (exact) mass is 482 g/mol. The van der Waals surface area contributed by atoms with Gasteiger partial charge in [0.25, 0.3) is 0 Å². The van der Waals surface area contributed by atoms with Gasteiger partial charge in [0, 0.05) is 37.4 Å². The summed E-state index contributed by atoms with van der Waals surface area (Å²) in [6.07, 6.45) is 9.71. The van der Waals surface area contributed by atoms with Crippen LogP contribution in [0.1, 0.15) is 81.1 Å². The van der Waals surface area contributed by atoms with E-state index in [0.717, 1.165) is 41.2 Å². The minimum atomic E-state index is -0.350. The Balaban J connectivity index is 1.66. The van der Waals surface area contributed by atoms with E-state index in [0.29, 0.717) is 18.2 Å². The predicted molar refractivity (Wildman–Crippen MR) is 140 cm³/mol. The molecule has 190 valence electrons. The number of nitrogens with zero attached hydrogens (tertiary/aromatic N) is 2. The molecule has 1 aliphatic carbocycles. The molecule has 0 aliphatic heterocycles. The molecule has 1 aromatic carbocycles. The Labute approximate surface area is 207 Å². The molecule has 0 bridgehead atoms. The van der Waals surface area contributed by atoms with Crippen molar-refractivity contribution in [2.24, 2.45) is 18.5 Å². The third-order valence-electron chi connectivity index (χ3n) is 6.84. The average molecular weight is 483 g/mol. The molecular weight excluding hydrogens is 443 g/mol. The molecule has 8 heteroatoms. The van der Waals surface area contributed by atoms with Crippen LogP contribution in [0.15, 0.2) is 36.2 Å². The van der Waals surface area contributed by atoms with Gasteiger partial charge in [-0.3, -0.25) is 4.79 Å². The van der Waals surface area contributed by atoms with Crippen LogP contribution in [-0.2, 0) is 18.4 Å². The van der Waals surface area contributed by atoms with Gasteiger partial charge in [0.15, 0.2) is 5.78 Å². The van der Waals surface area contributed by atoms with Gasteiger partial charge >= 0.3 is 0 Å². The van der Waals surface area contributed by atoms with Crippen molar-refractivity contribution in [3.63, 3.8) is 0 Å². The number of nitrogens with one attached hydrogen (secondary N) is 2. The normalized spacial score (nSPS) is 16.7. The van der Waals surface area contributed by atoms with Crippen LogP contribution < -0.4 is 22.1 Å². The van der Waals surface area contributed by atoms with Crippen molar-refractivity contribution in [1.29, 1.82) is 0 Å². The zero-order valence-corrected chi connectivity index (χ0v) is 21.3. The van der Waals surface area contributed by atoms with Gasteiger partial charge in [-0.2, -0.15) is 0 Å². The topological polar surface area (TPSA) is 111 Å². The fraction of sp³-hybridized carbons (Fsp3) is 0.481. The summed E-state index contributed by atoms with van der Waals surface area (Å²) in [4.78, 5) is 17.9. The van der Waals surface area contributed by atoms with E-state index < -0.39 is 0 Å². The van der Waals surface area contributed by atoms with Gasteiger partial charge in [0.1, 0.15) is 11.6 Å². The van der Waals surface area contributed by atoms with Crippen molar-refractivity contribution in [3.05, 3.63) is 64.8 Å². The molecule has 1 saturated carbocycles. The number of hydrogen-bond donors (Lipinski definition) is 4. The number of benzene rings is 1. The molecule has 35 heavy (non-hydrogen) atoms. The molecular formula is C27H39FN6O. The minimum absolute atomic E-state index is 0.0443. The van der Waals surface area contributed by atoms with Crippen molar-refractivity contribution >= 4 is 17.5 Å². The lowest BCUT2D eigenvalue weighted by molar-refractivity contribution is -0.119. The lowest BCUT2D eigenvalue weighted by Crippen LogP contribution is -2.27.